The maximum absolute atomic E-state index is 12.5. The highest BCUT2D eigenvalue weighted by atomic mass is 35.5. The van der Waals surface area contributed by atoms with Crippen LogP contribution in [0.15, 0.2) is 35.8 Å². The van der Waals surface area contributed by atoms with Gasteiger partial charge in [0.05, 0.1) is 10.0 Å². The van der Waals surface area contributed by atoms with Gasteiger partial charge >= 0.3 is 5.97 Å². The van der Waals surface area contributed by atoms with E-state index in [0.717, 1.165) is 22.2 Å². The second kappa shape index (κ2) is 8.42. The molecule has 0 bridgehead atoms. The van der Waals surface area contributed by atoms with Gasteiger partial charge < -0.3 is 10.4 Å². The maximum Gasteiger partial charge on any atom is 0.317 e. The van der Waals surface area contributed by atoms with Crippen LogP contribution in [0.5, 0.6) is 0 Å². The van der Waals surface area contributed by atoms with E-state index in [-0.39, 0.29) is 17.9 Å². The number of carboxylic acid groups (broad SMARTS) is 1. The van der Waals surface area contributed by atoms with Gasteiger partial charge in [-0.25, -0.2) is 9.97 Å². The van der Waals surface area contributed by atoms with Gasteiger partial charge in [0, 0.05) is 24.2 Å². The Bertz CT molecular complexity index is 1090. The molecule has 0 aliphatic heterocycles. The largest absolute Gasteiger partial charge is 0.480 e. The predicted octanol–water partition coefficient (Wildman–Crippen LogP) is 5.54. The van der Waals surface area contributed by atoms with E-state index in [0.29, 0.717) is 28.8 Å². The number of hydrogen-bond donors (Lipinski definition) is 2. The summed E-state index contributed by atoms with van der Waals surface area (Å²) in [4.78, 5) is 22.5. The van der Waals surface area contributed by atoms with Crippen molar-refractivity contribution in [1.82, 2.24) is 15.3 Å². The fourth-order valence-electron chi connectivity index (χ4n) is 4.54. The highest BCUT2D eigenvalue weighted by Gasteiger charge is 2.53. The predicted molar refractivity (Wildman–Crippen MR) is 121 cm³/mol. The number of fused-ring (bicyclic) bond motifs is 1. The zero-order valence-electron chi connectivity index (χ0n) is 16.7. The van der Waals surface area contributed by atoms with Crippen LogP contribution in [0.2, 0.25) is 10.0 Å². The zero-order chi connectivity index (χ0) is 21.5. The number of thiophene rings is 1. The third-order valence-corrected chi connectivity index (χ3v) is 8.15. The molecule has 0 amide bonds. The van der Waals surface area contributed by atoms with Gasteiger partial charge in [0.25, 0.3) is 0 Å². The summed E-state index contributed by atoms with van der Waals surface area (Å²) in [5, 5.41) is 17.8. The minimum Gasteiger partial charge on any atom is -0.480 e. The molecule has 1 aliphatic carbocycles. The summed E-state index contributed by atoms with van der Waals surface area (Å²) in [7, 11) is 0. The summed E-state index contributed by atoms with van der Waals surface area (Å²) in [6.07, 6.45) is 2.96. The van der Waals surface area contributed by atoms with Crippen molar-refractivity contribution in [1.29, 1.82) is 0 Å². The summed E-state index contributed by atoms with van der Waals surface area (Å²) in [5.74, 6) is -0.430. The molecule has 3 aromatic rings. The summed E-state index contributed by atoms with van der Waals surface area (Å²) >= 11 is 13.6. The maximum atomic E-state index is 12.5. The Morgan fingerprint density at radius 1 is 1.30 bits per heavy atom. The number of benzene rings is 1. The number of nitrogens with one attached hydrogen (secondary N) is 1. The van der Waals surface area contributed by atoms with Gasteiger partial charge in [0.1, 0.15) is 16.1 Å². The molecule has 158 valence electrons. The molecule has 2 N–H and O–H groups in total. The summed E-state index contributed by atoms with van der Waals surface area (Å²) in [6.45, 7) is 4.77. The van der Waals surface area contributed by atoms with Crippen LogP contribution >= 0.6 is 34.5 Å². The van der Waals surface area contributed by atoms with Gasteiger partial charge in [-0.2, -0.15) is 0 Å². The van der Waals surface area contributed by atoms with Gasteiger partial charge in [0.15, 0.2) is 0 Å². The average molecular weight is 464 g/mol. The molecule has 4 rings (SSSR count). The summed E-state index contributed by atoms with van der Waals surface area (Å²) < 4.78 is 0. The van der Waals surface area contributed by atoms with Crippen molar-refractivity contribution >= 4 is 50.7 Å². The monoisotopic (exact) mass is 463 g/mol. The molecule has 4 atom stereocenters. The van der Waals surface area contributed by atoms with Crippen LogP contribution in [0.4, 0.5) is 0 Å². The minimum atomic E-state index is -1.08. The van der Waals surface area contributed by atoms with Crippen LogP contribution in [-0.4, -0.2) is 27.1 Å². The van der Waals surface area contributed by atoms with E-state index in [1.165, 1.54) is 11.3 Å². The molecule has 2 heterocycles. The summed E-state index contributed by atoms with van der Waals surface area (Å²) in [5.41, 5.74) is -0.0369. The number of halogens is 2. The number of aliphatic carboxylic acids is 1. The second-order valence-corrected chi connectivity index (χ2v) is 9.78. The number of nitrogens with zero attached hydrogens (tertiary/aromatic N) is 2. The molecule has 1 aliphatic rings. The van der Waals surface area contributed by atoms with Crippen LogP contribution in [0, 0.1) is 11.8 Å². The Balaban J connectivity index is 1.56. The van der Waals surface area contributed by atoms with Gasteiger partial charge in [-0.15, -0.1) is 11.3 Å². The molecule has 2 aromatic heterocycles. The van der Waals surface area contributed by atoms with E-state index in [9.17, 15) is 9.90 Å². The second-order valence-electron chi connectivity index (χ2n) is 8.07. The van der Waals surface area contributed by atoms with E-state index in [2.05, 4.69) is 22.2 Å². The molecular formula is C22H23Cl2N3O2S. The quantitative estimate of drug-likeness (QED) is 0.518. The Morgan fingerprint density at radius 3 is 2.83 bits per heavy atom. The van der Waals surface area contributed by atoms with Gasteiger partial charge in [0.2, 0.25) is 0 Å². The molecule has 0 spiro atoms. The lowest BCUT2D eigenvalue weighted by Crippen LogP contribution is -2.55. The Morgan fingerprint density at radius 2 is 2.10 bits per heavy atom. The van der Waals surface area contributed by atoms with Crippen molar-refractivity contribution in [3.8, 4) is 0 Å². The fraction of sp³-hybridized carbons (Fsp3) is 0.409. The van der Waals surface area contributed by atoms with Gasteiger partial charge in [-0.05, 0) is 53.8 Å². The standard InChI is InChI=1S/C22H23Cl2N3O2S/c1-12-13(2)22(21(28)29,20-26-11-15-6-8-30-19(15)27-20)7-5-18(12)25-10-14-3-4-16(23)17(24)9-14/h3-4,6,8-9,11-13,18,25H,5,7,10H2,1-2H3,(H,28,29). The molecule has 1 saturated carbocycles. The molecule has 5 nitrogen and oxygen atoms in total. The van der Waals surface area contributed by atoms with Crippen molar-refractivity contribution in [2.24, 2.45) is 11.8 Å². The zero-order valence-corrected chi connectivity index (χ0v) is 19.1. The molecule has 8 heteroatoms. The molecule has 4 unspecified atom stereocenters. The lowest BCUT2D eigenvalue weighted by molar-refractivity contribution is -0.149. The highest BCUT2D eigenvalue weighted by Crippen LogP contribution is 2.46. The van der Waals surface area contributed by atoms with Crippen LogP contribution in [0.25, 0.3) is 10.2 Å². The first-order valence-electron chi connectivity index (χ1n) is 9.94. The van der Waals surface area contributed by atoms with Crippen molar-refractivity contribution in [3.05, 3.63) is 57.3 Å². The average Bonchev–Trinajstić information content (AvgIpc) is 3.19. The van der Waals surface area contributed by atoms with Crippen LogP contribution < -0.4 is 5.32 Å². The molecule has 1 fully saturated rings. The smallest absolute Gasteiger partial charge is 0.317 e. The fourth-order valence-corrected chi connectivity index (χ4v) is 5.60. The number of aromatic nitrogens is 2. The first-order chi connectivity index (χ1) is 14.3. The van der Waals surface area contributed by atoms with E-state index < -0.39 is 11.4 Å². The Hall–Kier alpha value is -1.73. The minimum absolute atomic E-state index is 0.125. The van der Waals surface area contributed by atoms with Crippen LogP contribution in [0.3, 0.4) is 0 Å². The van der Waals surface area contributed by atoms with Crippen LogP contribution in [0.1, 0.15) is 38.1 Å². The van der Waals surface area contributed by atoms with E-state index in [1.54, 1.807) is 12.3 Å². The number of hydrogen-bond acceptors (Lipinski definition) is 5. The molecule has 0 radical (unpaired) electrons. The van der Waals surface area contributed by atoms with Crippen LogP contribution in [-0.2, 0) is 16.8 Å². The van der Waals surface area contributed by atoms with Crippen molar-refractivity contribution in [3.63, 3.8) is 0 Å². The van der Waals surface area contributed by atoms with E-state index in [4.69, 9.17) is 23.2 Å². The number of rotatable bonds is 5. The van der Waals surface area contributed by atoms with Gasteiger partial charge in [-0.1, -0.05) is 43.1 Å². The van der Waals surface area contributed by atoms with E-state index >= 15 is 0 Å². The van der Waals surface area contributed by atoms with Crippen molar-refractivity contribution in [2.45, 2.75) is 44.7 Å². The molecule has 1 aromatic carbocycles. The normalized spacial score (nSPS) is 26.7. The highest BCUT2D eigenvalue weighted by molar-refractivity contribution is 7.16. The van der Waals surface area contributed by atoms with Crippen molar-refractivity contribution in [2.75, 3.05) is 0 Å². The third-order valence-electron chi connectivity index (χ3n) is 6.59. The van der Waals surface area contributed by atoms with Crippen molar-refractivity contribution < 1.29 is 9.90 Å². The molecule has 30 heavy (non-hydrogen) atoms. The Kier molecular flexibility index (Phi) is 6.04. The van der Waals surface area contributed by atoms with E-state index in [1.807, 2.05) is 30.5 Å². The summed E-state index contributed by atoms with van der Waals surface area (Å²) in [6, 6.07) is 7.74. The first-order valence-corrected chi connectivity index (χ1v) is 11.6. The third kappa shape index (κ3) is 3.71. The molecule has 0 saturated heterocycles. The first kappa shape index (κ1) is 21.5. The number of carbonyl (C=O) groups is 1. The SMILES string of the molecule is CC1C(NCc2ccc(Cl)c(Cl)c2)CCC(C(=O)O)(c2ncc3ccsc3n2)C1C. The topological polar surface area (TPSA) is 75.1 Å². The lowest BCUT2D eigenvalue weighted by atomic mass is 9.60. The van der Waals surface area contributed by atoms with Gasteiger partial charge in [-0.3, -0.25) is 4.79 Å². The molecular weight excluding hydrogens is 441 g/mol. The number of carboxylic acids is 1. The Labute approximate surface area is 189 Å². The lowest BCUT2D eigenvalue weighted by Gasteiger charge is -2.45.